The van der Waals surface area contributed by atoms with E-state index in [9.17, 15) is 10.4 Å². The van der Waals surface area contributed by atoms with Crippen molar-refractivity contribution < 1.29 is 52.5 Å². The maximum atomic E-state index is 14.3. The summed E-state index contributed by atoms with van der Waals surface area (Å²) in [5.41, 5.74) is 5.64. The van der Waals surface area contributed by atoms with Crippen molar-refractivity contribution in [3.63, 3.8) is 0 Å². The standard InChI is InChI=1S/C55H54NO11/c56-30-43-28-16-17-29-44(43)35-62-52-49(60-33-40-22-10-3-11-23-40)47(59-32-39-20-8-2-9-21-39)45(36-58-31-38-18-6-1-7-19-38)65-55(52)67-50-48-46(37-63-54(66-48)42-26-14-5-15-27-42)64-53(57)51(50)61-34-41-24-12-4-13-25-41/h1-29,45-55H,31-37H2/q-1/t45-,46-,47-,48-,49+,50+,51-,52-,53+,54?,55+/m1/s1. The number of nitrogens with zero attached hydrogens (tertiary/aromatic N) is 1. The maximum absolute atomic E-state index is 14.3. The summed E-state index contributed by atoms with van der Waals surface area (Å²) in [6.07, 6.45) is -11.0. The van der Waals surface area contributed by atoms with Gasteiger partial charge in [-0.15, -0.1) is 0 Å². The van der Waals surface area contributed by atoms with Crippen LogP contribution in [0.2, 0.25) is 0 Å². The lowest BCUT2D eigenvalue weighted by Gasteiger charge is -2.53. The minimum Gasteiger partial charge on any atom is -0.829 e. The molecule has 6 aromatic rings. The zero-order valence-corrected chi connectivity index (χ0v) is 37.0. The molecule has 6 aromatic carbocycles. The molecule has 3 fully saturated rings. The Bertz CT molecular complexity index is 2430. The average Bonchev–Trinajstić information content (AvgIpc) is 3.38. The van der Waals surface area contributed by atoms with Crippen molar-refractivity contribution in [2.45, 2.75) is 101 Å². The summed E-state index contributed by atoms with van der Waals surface area (Å²) in [5, 5.41) is 24.4. The van der Waals surface area contributed by atoms with E-state index in [4.69, 9.17) is 47.4 Å². The van der Waals surface area contributed by atoms with Gasteiger partial charge in [0, 0.05) is 11.9 Å². The molecule has 0 N–H and O–H groups in total. The second-order valence-corrected chi connectivity index (χ2v) is 16.7. The molecular formula is C55H54NO11-. The largest absolute Gasteiger partial charge is 0.829 e. The third kappa shape index (κ3) is 12.1. The van der Waals surface area contributed by atoms with Gasteiger partial charge in [0.1, 0.15) is 42.7 Å². The molecule has 0 aliphatic carbocycles. The average molecular weight is 905 g/mol. The van der Waals surface area contributed by atoms with Gasteiger partial charge in [-0.3, -0.25) is 0 Å². The molecule has 3 heterocycles. The van der Waals surface area contributed by atoms with E-state index in [-0.39, 0.29) is 39.6 Å². The van der Waals surface area contributed by atoms with E-state index in [1.54, 1.807) is 6.07 Å². The molecule has 9 rings (SSSR count). The molecular weight excluding hydrogens is 851 g/mol. The first-order chi connectivity index (χ1) is 33.1. The van der Waals surface area contributed by atoms with Crippen LogP contribution in [0.5, 0.6) is 0 Å². The van der Waals surface area contributed by atoms with Gasteiger partial charge in [0.15, 0.2) is 12.6 Å². The van der Waals surface area contributed by atoms with Crippen molar-refractivity contribution in [2.24, 2.45) is 0 Å². The Kier molecular flexibility index (Phi) is 16.2. The quantitative estimate of drug-likeness (QED) is 0.0787. The van der Waals surface area contributed by atoms with E-state index < -0.39 is 67.7 Å². The van der Waals surface area contributed by atoms with Crippen molar-refractivity contribution in [3.8, 4) is 6.07 Å². The van der Waals surface area contributed by atoms with Crippen molar-refractivity contribution in [3.05, 3.63) is 215 Å². The number of hydrogen-bond acceptors (Lipinski definition) is 12. The molecule has 0 spiro atoms. The first-order valence-electron chi connectivity index (χ1n) is 22.7. The summed E-state index contributed by atoms with van der Waals surface area (Å²) < 4.78 is 67.0. The number of ether oxygens (including phenoxy) is 10. The predicted molar refractivity (Wildman–Crippen MR) is 243 cm³/mol. The molecule has 67 heavy (non-hydrogen) atoms. The van der Waals surface area contributed by atoms with Crippen LogP contribution in [0.25, 0.3) is 0 Å². The van der Waals surface area contributed by atoms with E-state index in [0.717, 1.165) is 27.8 Å². The highest BCUT2D eigenvalue weighted by atomic mass is 16.8. The van der Waals surface area contributed by atoms with Gasteiger partial charge in [0.25, 0.3) is 0 Å². The minimum absolute atomic E-state index is 0.00175. The predicted octanol–water partition coefficient (Wildman–Crippen LogP) is 7.73. The number of benzene rings is 6. The van der Waals surface area contributed by atoms with E-state index in [1.165, 1.54) is 0 Å². The van der Waals surface area contributed by atoms with Crippen LogP contribution in [-0.2, 0) is 80.4 Å². The van der Waals surface area contributed by atoms with Gasteiger partial charge in [-0.1, -0.05) is 170 Å². The number of rotatable bonds is 19. The number of fused-ring (bicyclic) bond motifs is 1. The summed E-state index contributed by atoms with van der Waals surface area (Å²) in [7, 11) is 0. The first kappa shape index (κ1) is 46.5. The lowest BCUT2D eigenvalue weighted by molar-refractivity contribution is -0.545. The summed E-state index contributed by atoms with van der Waals surface area (Å²) in [6, 6.07) is 58.3. The molecule has 11 atom stereocenters. The highest BCUT2D eigenvalue weighted by molar-refractivity contribution is 5.37. The van der Waals surface area contributed by atoms with Gasteiger partial charge >= 0.3 is 0 Å². The Labute approximate surface area is 391 Å². The molecule has 0 saturated carbocycles. The normalized spacial score (nSPS) is 27.1. The molecule has 346 valence electrons. The number of nitriles is 1. The molecule has 0 bridgehead atoms. The zero-order chi connectivity index (χ0) is 45.6. The Morgan fingerprint density at radius 1 is 0.507 bits per heavy atom. The fourth-order valence-corrected chi connectivity index (χ4v) is 8.61. The Hall–Kier alpha value is -5.63. The van der Waals surface area contributed by atoms with Gasteiger partial charge in [-0.05, 0) is 33.9 Å². The maximum Gasteiger partial charge on any atom is 0.187 e. The molecule has 0 radical (unpaired) electrons. The summed E-state index contributed by atoms with van der Waals surface area (Å²) in [4.78, 5) is 0. The highest BCUT2D eigenvalue weighted by Crippen LogP contribution is 2.39. The molecule has 0 amide bonds. The second-order valence-electron chi connectivity index (χ2n) is 16.7. The van der Waals surface area contributed by atoms with Crippen molar-refractivity contribution in [1.82, 2.24) is 0 Å². The molecule has 3 aliphatic heterocycles. The molecule has 3 saturated heterocycles. The van der Waals surface area contributed by atoms with Crippen molar-refractivity contribution in [1.29, 1.82) is 5.26 Å². The Balaban J connectivity index is 1.10. The highest BCUT2D eigenvalue weighted by Gasteiger charge is 2.54. The zero-order valence-electron chi connectivity index (χ0n) is 37.0. The van der Waals surface area contributed by atoms with Crippen molar-refractivity contribution >= 4 is 0 Å². The van der Waals surface area contributed by atoms with Crippen LogP contribution in [0.4, 0.5) is 0 Å². The summed E-state index contributed by atoms with van der Waals surface area (Å²) >= 11 is 0. The monoisotopic (exact) mass is 904 g/mol. The summed E-state index contributed by atoms with van der Waals surface area (Å²) in [6.45, 7) is 0.999. The van der Waals surface area contributed by atoms with Gasteiger partial charge in [-0.2, -0.15) is 5.26 Å². The Morgan fingerprint density at radius 3 is 1.61 bits per heavy atom. The topological polar surface area (TPSA) is 139 Å². The van der Waals surface area contributed by atoms with Crippen LogP contribution in [0.15, 0.2) is 176 Å². The van der Waals surface area contributed by atoms with E-state index >= 15 is 0 Å². The number of hydrogen-bond donors (Lipinski definition) is 0. The van der Waals surface area contributed by atoms with E-state index in [1.807, 2.05) is 170 Å². The third-order valence-electron chi connectivity index (χ3n) is 12.1. The van der Waals surface area contributed by atoms with Crippen LogP contribution >= 0.6 is 0 Å². The molecule has 0 aromatic heterocycles. The summed E-state index contributed by atoms with van der Waals surface area (Å²) in [5.74, 6) is 0. The third-order valence-corrected chi connectivity index (χ3v) is 12.1. The molecule has 3 aliphatic rings. The molecule has 1 unspecified atom stereocenters. The minimum atomic E-state index is -1.68. The van der Waals surface area contributed by atoms with Gasteiger partial charge in [0.05, 0.1) is 64.0 Å². The van der Waals surface area contributed by atoms with E-state index in [0.29, 0.717) is 17.7 Å². The van der Waals surface area contributed by atoms with Crippen LogP contribution in [-0.4, -0.2) is 74.6 Å². The lowest BCUT2D eigenvalue weighted by Crippen LogP contribution is -2.69. The molecule has 12 heteroatoms. The van der Waals surface area contributed by atoms with Gasteiger partial charge < -0.3 is 52.5 Å². The van der Waals surface area contributed by atoms with Gasteiger partial charge in [0.2, 0.25) is 0 Å². The van der Waals surface area contributed by atoms with Crippen LogP contribution in [0.3, 0.4) is 0 Å². The lowest BCUT2D eigenvalue weighted by atomic mass is 9.95. The van der Waals surface area contributed by atoms with Gasteiger partial charge in [-0.25, -0.2) is 0 Å². The Morgan fingerprint density at radius 2 is 1.01 bits per heavy atom. The smallest absolute Gasteiger partial charge is 0.187 e. The van der Waals surface area contributed by atoms with Crippen LogP contribution in [0.1, 0.15) is 45.2 Å². The molecule has 12 nitrogen and oxygen atoms in total. The fourth-order valence-electron chi connectivity index (χ4n) is 8.61. The van der Waals surface area contributed by atoms with Crippen molar-refractivity contribution in [2.75, 3.05) is 13.2 Å². The van der Waals surface area contributed by atoms with Crippen LogP contribution in [0, 0.1) is 11.3 Å². The fraction of sp³-hybridized carbons (Fsp3) is 0.327. The SMILES string of the molecule is N#Cc1ccccc1CO[C@H]1[C@H](O[C@@H]2[C@@H](OCc3ccccc3)[C@@H]([O-])O[C@@H]3COC(c4ccccc4)O[C@@H]23)O[C@H](COCc2ccccc2)[C@@H](OCc2ccccc2)[C@@H]1OCc1ccccc1. The van der Waals surface area contributed by atoms with E-state index in [2.05, 4.69) is 6.07 Å². The second kappa shape index (κ2) is 23.4. The first-order valence-corrected chi connectivity index (χ1v) is 22.7. The van der Waals surface area contributed by atoms with Crippen LogP contribution < -0.4 is 5.11 Å².